The molecule has 0 N–H and O–H groups in total. The maximum Gasteiger partial charge on any atom is 0.450 e. The molecule has 0 bridgehead atoms. The molecule has 15 heavy (non-hydrogen) atoms. The van der Waals surface area contributed by atoms with Crippen molar-refractivity contribution in [3.8, 4) is 0 Å². The van der Waals surface area contributed by atoms with E-state index in [0.29, 0.717) is 0 Å². The predicted molar refractivity (Wildman–Crippen MR) is 50.7 cm³/mol. The van der Waals surface area contributed by atoms with Gasteiger partial charge in [-0.3, -0.25) is 4.40 Å². The number of hydrogen-bond acceptors (Lipinski definition) is 2. The van der Waals surface area contributed by atoms with Crippen LogP contribution in [0.25, 0.3) is 5.52 Å². The number of halogens is 5. The summed E-state index contributed by atoms with van der Waals surface area (Å²) in [6.07, 6.45) is -2.19. The number of hydrogen-bond donors (Lipinski definition) is 0. The van der Waals surface area contributed by atoms with Crippen molar-refractivity contribution in [2.24, 2.45) is 0 Å². The molecule has 2 rings (SSSR count). The van der Waals surface area contributed by atoms with Gasteiger partial charge in [-0.2, -0.15) is 13.2 Å². The van der Waals surface area contributed by atoms with Crippen LogP contribution in [0, 0.1) is 0 Å². The minimum absolute atomic E-state index is 0.0212. The molecule has 2 aromatic rings. The minimum Gasteiger partial charge on any atom is -0.291 e. The van der Waals surface area contributed by atoms with Gasteiger partial charge in [0.1, 0.15) is 10.1 Å². The Morgan fingerprint density at radius 2 is 2.07 bits per heavy atom. The molecular weight excluding hydrogens is 298 g/mol. The van der Waals surface area contributed by atoms with Gasteiger partial charge in [-0.05, 0) is 15.9 Å². The monoisotopic (exact) mass is 299 g/mol. The summed E-state index contributed by atoms with van der Waals surface area (Å²) >= 11 is 8.56. The highest BCUT2D eigenvalue weighted by Crippen LogP contribution is 2.33. The van der Waals surface area contributed by atoms with Crippen molar-refractivity contribution in [3.05, 3.63) is 28.0 Å². The van der Waals surface area contributed by atoms with E-state index in [1.807, 2.05) is 0 Å². The summed E-state index contributed by atoms with van der Waals surface area (Å²) in [6, 6.07) is 0. The van der Waals surface area contributed by atoms with Crippen LogP contribution in [0.5, 0.6) is 0 Å². The van der Waals surface area contributed by atoms with Crippen LogP contribution in [0.15, 0.2) is 17.0 Å². The predicted octanol–water partition coefficient (Wildman–Crippen LogP) is 3.16. The first-order chi connectivity index (χ1) is 6.91. The normalized spacial score (nSPS) is 12.3. The van der Waals surface area contributed by atoms with Crippen LogP contribution in [0.1, 0.15) is 5.82 Å². The minimum atomic E-state index is -4.53. The number of alkyl halides is 3. The molecule has 3 nitrogen and oxygen atoms in total. The number of imidazole rings is 1. The van der Waals surface area contributed by atoms with E-state index in [1.54, 1.807) is 0 Å². The summed E-state index contributed by atoms with van der Waals surface area (Å²) in [5.74, 6) is -1.03. The van der Waals surface area contributed by atoms with Crippen LogP contribution in [-0.4, -0.2) is 14.4 Å². The molecule has 2 aromatic heterocycles. The number of rotatable bonds is 0. The first-order valence-corrected chi connectivity index (χ1v) is 4.83. The molecule has 80 valence electrons. The zero-order valence-corrected chi connectivity index (χ0v) is 9.23. The van der Waals surface area contributed by atoms with E-state index < -0.39 is 12.0 Å². The lowest BCUT2D eigenvalue weighted by atomic mass is 10.5. The zero-order chi connectivity index (χ0) is 11.2. The molecule has 0 unspecified atom stereocenters. The smallest absolute Gasteiger partial charge is 0.291 e. The molecule has 0 radical (unpaired) electrons. The Hall–Kier alpha value is -0.820. The Labute approximate surface area is 95.0 Å². The van der Waals surface area contributed by atoms with Crippen LogP contribution in [0.2, 0.25) is 5.15 Å². The average molecular weight is 300 g/mol. The van der Waals surface area contributed by atoms with E-state index in [-0.39, 0.29) is 15.3 Å². The fourth-order valence-electron chi connectivity index (χ4n) is 1.16. The third-order valence-electron chi connectivity index (χ3n) is 1.72. The fourth-order valence-corrected chi connectivity index (χ4v) is 2.06. The average Bonchev–Trinajstić information content (AvgIpc) is 2.44. The van der Waals surface area contributed by atoms with E-state index in [4.69, 9.17) is 11.6 Å². The zero-order valence-electron chi connectivity index (χ0n) is 6.89. The highest BCUT2D eigenvalue weighted by atomic mass is 79.9. The highest BCUT2D eigenvalue weighted by Gasteiger charge is 2.37. The molecule has 0 fully saturated rings. The van der Waals surface area contributed by atoms with E-state index in [0.717, 1.165) is 10.6 Å². The van der Waals surface area contributed by atoms with Gasteiger partial charge in [-0.25, -0.2) is 9.97 Å². The van der Waals surface area contributed by atoms with Gasteiger partial charge in [0, 0.05) is 12.4 Å². The lowest BCUT2D eigenvalue weighted by Crippen LogP contribution is -2.10. The SMILES string of the molecule is FC(F)(F)c1nc(Br)c2c(Cl)nccn12. The van der Waals surface area contributed by atoms with Gasteiger partial charge in [0.25, 0.3) is 0 Å². The summed E-state index contributed by atoms with van der Waals surface area (Å²) in [4.78, 5) is 7.02. The summed E-state index contributed by atoms with van der Waals surface area (Å²) in [7, 11) is 0. The van der Waals surface area contributed by atoms with Crippen LogP contribution < -0.4 is 0 Å². The van der Waals surface area contributed by atoms with E-state index in [9.17, 15) is 13.2 Å². The maximum absolute atomic E-state index is 12.5. The van der Waals surface area contributed by atoms with Gasteiger partial charge in [0.15, 0.2) is 5.15 Å². The van der Waals surface area contributed by atoms with Gasteiger partial charge < -0.3 is 0 Å². The Morgan fingerprint density at radius 1 is 1.40 bits per heavy atom. The van der Waals surface area contributed by atoms with Crippen LogP contribution in [-0.2, 0) is 6.18 Å². The van der Waals surface area contributed by atoms with Crippen molar-refractivity contribution in [1.82, 2.24) is 14.4 Å². The molecule has 0 atom stereocenters. The van der Waals surface area contributed by atoms with Crippen molar-refractivity contribution in [3.63, 3.8) is 0 Å². The largest absolute Gasteiger partial charge is 0.450 e. The number of nitrogens with zero attached hydrogens (tertiary/aromatic N) is 3. The molecule has 0 saturated carbocycles. The molecule has 0 aromatic carbocycles. The van der Waals surface area contributed by atoms with Gasteiger partial charge in [0.2, 0.25) is 5.82 Å². The second kappa shape index (κ2) is 3.34. The van der Waals surface area contributed by atoms with Crippen LogP contribution in [0.3, 0.4) is 0 Å². The summed E-state index contributed by atoms with van der Waals surface area (Å²) in [5, 5.41) is -0.0348. The summed E-state index contributed by atoms with van der Waals surface area (Å²) < 4.78 is 38.4. The maximum atomic E-state index is 12.5. The van der Waals surface area contributed by atoms with Gasteiger partial charge in [0.05, 0.1) is 0 Å². The van der Waals surface area contributed by atoms with E-state index in [2.05, 4.69) is 25.9 Å². The van der Waals surface area contributed by atoms with Crippen molar-refractivity contribution < 1.29 is 13.2 Å². The first-order valence-electron chi connectivity index (χ1n) is 3.66. The lowest BCUT2D eigenvalue weighted by Gasteiger charge is -2.04. The van der Waals surface area contributed by atoms with Gasteiger partial charge >= 0.3 is 6.18 Å². The molecular formula is C7H2BrClF3N3. The van der Waals surface area contributed by atoms with Crippen molar-refractivity contribution in [2.75, 3.05) is 0 Å². The first kappa shape index (κ1) is 10.7. The van der Waals surface area contributed by atoms with Crippen molar-refractivity contribution in [2.45, 2.75) is 6.18 Å². The topological polar surface area (TPSA) is 30.2 Å². The third kappa shape index (κ3) is 1.69. The Balaban J connectivity index is 2.85. The van der Waals surface area contributed by atoms with Crippen LogP contribution >= 0.6 is 27.5 Å². The van der Waals surface area contributed by atoms with Gasteiger partial charge in [-0.15, -0.1) is 0 Å². The van der Waals surface area contributed by atoms with E-state index in [1.165, 1.54) is 6.20 Å². The molecule has 2 heterocycles. The molecule has 0 aliphatic carbocycles. The fraction of sp³-hybridized carbons (Fsp3) is 0.143. The van der Waals surface area contributed by atoms with E-state index >= 15 is 0 Å². The second-order valence-corrected chi connectivity index (χ2v) is 3.77. The van der Waals surface area contributed by atoms with Crippen molar-refractivity contribution in [1.29, 1.82) is 0 Å². The van der Waals surface area contributed by atoms with Gasteiger partial charge in [-0.1, -0.05) is 11.6 Å². The molecule has 0 spiro atoms. The summed E-state index contributed by atoms with van der Waals surface area (Å²) in [5.41, 5.74) is 0.103. The molecule has 0 amide bonds. The van der Waals surface area contributed by atoms with Crippen LogP contribution in [0.4, 0.5) is 13.2 Å². The lowest BCUT2D eigenvalue weighted by molar-refractivity contribution is -0.145. The molecule has 8 heteroatoms. The third-order valence-corrected chi connectivity index (χ3v) is 2.55. The number of aromatic nitrogens is 3. The molecule has 0 aliphatic rings. The standard InChI is InChI=1S/C7H2BrClF3N3/c8-4-3-5(9)13-1-2-15(3)6(14-4)7(10,11)12/h1-2H. The highest BCUT2D eigenvalue weighted by molar-refractivity contribution is 9.10. The Kier molecular flexibility index (Phi) is 2.38. The summed E-state index contributed by atoms with van der Waals surface area (Å²) in [6.45, 7) is 0. The Bertz CT molecular complexity index is 522. The Morgan fingerprint density at radius 3 is 2.67 bits per heavy atom. The number of fused-ring (bicyclic) bond motifs is 1. The quantitative estimate of drug-likeness (QED) is 0.748. The molecule has 0 aliphatic heterocycles. The van der Waals surface area contributed by atoms with Crippen molar-refractivity contribution >= 4 is 33.0 Å². The second-order valence-electron chi connectivity index (χ2n) is 2.66. The molecule has 0 saturated heterocycles.